The first-order valence-electron chi connectivity index (χ1n) is 8.39. The maximum Gasteiger partial charge on any atom is 0.265 e. The van der Waals surface area contributed by atoms with Crippen LogP contribution in [0.1, 0.15) is 18.1 Å². The predicted octanol–water partition coefficient (Wildman–Crippen LogP) is 2.69. The number of carbonyl (C=O) groups is 1. The van der Waals surface area contributed by atoms with Gasteiger partial charge in [-0.2, -0.15) is 0 Å². The van der Waals surface area contributed by atoms with Crippen LogP contribution in [0.5, 0.6) is 5.75 Å². The minimum atomic E-state index is -0.637. The highest BCUT2D eigenvalue weighted by Gasteiger charge is 2.15. The van der Waals surface area contributed by atoms with Gasteiger partial charge in [0.25, 0.3) is 5.91 Å². The lowest BCUT2D eigenvalue weighted by Crippen LogP contribution is -2.30. The normalized spacial score (nSPS) is 12.0. The summed E-state index contributed by atoms with van der Waals surface area (Å²) in [6, 6.07) is 14.9. The molecular formula is C20H26N2O3. The van der Waals surface area contributed by atoms with Gasteiger partial charge in [0.05, 0.1) is 6.61 Å². The number of ether oxygens (including phenoxy) is 1. The third-order valence-corrected chi connectivity index (χ3v) is 3.83. The summed E-state index contributed by atoms with van der Waals surface area (Å²) in [5.41, 5.74) is 2.73. The molecule has 2 N–H and O–H groups in total. The molecule has 5 heteroatoms. The van der Waals surface area contributed by atoms with Crippen LogP contribution in [0.25, 0.3) is 0 Å². The molecule has 0 heterocycles. The average molecular weight is 342 g/mol. The Hall–Kier alpha value is -2.37. The average Bonchev–Trinajstić information content (AvgIpc) is 2.61. The molecule has 0 aromatic heterocycles. The summed E-state index contributed by atoms with van der Waals surface area (Å²) >= 11 is 0. The van der Waals surface area contributed by atoms with Crippen LogP contribution in [-0.2, 0) is 17.8 Å². The summed E-state index contributed by atoms with van der Waals surface area (Å²) in [6.45, 7) is 2.63. The highest BCUT2D eigenvalue weighted by Crippen LogP contribution is 2.16. The van der Waals surface area contributed by atoms with Gasteiger partial charge in [-0.15, -0.1) is 0 Å². The summed E-state index contributed by atoms with van der Waals surface area (Å²) in [6.07, 6.45) is 0.337. The molecule has 0 saturated carbocycles. The molecule has 0 saturated heterocycles. The third kappa shape index (κ3) is 6.21. The first-order valence-corrected chi connectivity index (χ1v) is 8.39. The molecule has 2 aromatic rings. The molecule has 0 aliphatic heterocycles. The van der Waals surface area contributed by atoms with Crippen molar-refractivity contribution < 1.29 is 14.6 Å². The number of aliphatic hydroxyl groups is 1. The fraction of sp³-hybridized carbons (Fsp3) is 0.350. The van der Waals surface area contributed by atoms with Crippen LogP contribution < -0.4 is 10.1 Å². The highest BCUT2D eigenvalue weighted by atomic mass is 16.5. The van der Waals surface area contributed by atoms with Crippen LogP contribution in [0.3, 0.4) is 0 Å². The largest absolute Gasteiger partial charge is 0.481 e. The molecule has 2 aromatic carbocycles. The molecule has 0 aliphatic carbocycles. The van der Waals surface area contributed by atoms with E-state index in [2.05, 4.69) is 10.2 Å². The zero-order chi connectivity index (χ0) is 18.2. The lowest BCUT2D eigenvalue weighted by atomic mass is 10.1. The van der Waals surface area contributed by atoms with Gasteiger partial charge in [-0.3, -0.25) is 4.79 Å². The molecule has 0 bridgehead atoms. The number of nitrogens with one attached hydrogen (secondary N) is 1. The lowest BCUT2D eigenvalue weighted by molar-refractivity contribution is -0.122. The Balaban J connectivity index is 1.89. The Morgan fingerprint density at radius 3 is 2.52 bits per heavy atom. The summed E-state index contributed by atoms with van der Waals surface area (Å²) in [5, 5.41) is 12.0. The van der Waals surface area contributed by atoms with Crippen molar-refractivity contribution in [2.75, 3.05) is 26.0 Å². The van der Waals surface area contributed by atoms with E-state index in [0.29, 0.717) is 5.75 Å². The molecule has 0 fully saturated rings. The molecule has 1 atom stereocenters. The topological polar surface area (TPSA) is 61.8 Å². The van der Waals surface area contributed by atoms with Crippen molar-refractivity contribution in [3.63, 3.8) is 0 Å². The van der Waals surface area contributed by atoms with E-state index in [1.807, 2.05) is 38.4 Å². The second-order valence-corrected chi connectivity index (χ2v) is 6.31. The summed E-state index contributed by atoms with van der Waals surface area (Å²) < 4.78 is 5.65. The maximum absolute atomic E-state index is 12.3. The quantitative estimate of drug-likeness (QED) is 0.774. The Morgan fingerprint density at radius 1 is 1.16 bits per heavy atom. The number of likely N-dealkylation sites (N-methyl/N-ethyl adjacent to an activating group) is 1. The zero-order valence-electron chi connectivity index (χ0n) is 15.0. The number of nitrogens with zero attached hydrogens (tertiary/aromatic N) is 1. The van der Waals surface area contributed by atoms with Gasteiger partial charge in [-0.25, -0.2) is 0 Å². The van der Waals surface area contributed by atoms with E-state index in [9.17, 15) is 4.79 Å². The number of rotatable bonds is 8. The van der Waals surface area contributed by atoms with Gasteiger partial charge in [0, 0.05) is 12.2 Å². The Labute approximate surface area is 149 Å². The van der Waals surface area contributed by atoms with Gasteiger partial charge in [0.15, 0.2) is 6.10 Å². The summed E-state index contributed by atoms with van der Waals surface area (Å²) in [7, 11) is 4.10. The maximum atomic E-state index is 12.3. The van der Waals surface area contributed by atoms with Crippen molar-refractivity contribution >= 4 is 11.6 Å². The standard InChI is InChI=1S/C20H26N2O3/c1-15(25-19-6-4-5-17(13-19)14-23)20(24)21-18-9-7-16(8-10-18)11-12-22(2)3/h4-10,13,15,23H,11-12,14H2,1-3H3,(H,21,24). The van der Waals surface area contributed by atoms with E-state index in [4.69, 9.17) is 9.84 Å². The van der Waals surface area contributed by atoms with Crippen molar-refractivity contribution in [3.8, 4) is 5.75 Å². The van der Waals surface area contributed by atoms with Crippen LogP contribution in [-0.4, -0.2) is 42.7 Å². The predicted molar refractivity (Wildman–Crippen MR) is 99.8 cm³/mol. The van der Waals surface area contributed by atoms with Gasteiger partial charge in [-0.1, -0.05) is 24.3 Å². The summed E-state index contributed by atoms with van der Waals surface area (Å²) in [4.78, 5) is 14.4. The van der Waals surface area contributed by atoms with Crippen LogP contribution in [0.15, 0.2) is 48.5 Å². The molecule has 2 rings (SSSR count). The van der Waals surface area contributed by atoms with Gasteiger partial charge < -0.3 is 20.1 Å². The smallest absolute Gasteiger partial charge is 0.265 e. The van der Waals surface area contributed by atoms with Crippen LogP contribution in [0, 0.1) is 0 Å². The zero-order valence-corrected chi connectivity index (χ0v) is 15.0. The molecular weight excluding hydrogens is 316 g/mol. The van der Waals surface area contributed by atoms with Crippen molar-refractivity contribution in [2.24, 2.45) is 0 Å². The van der Waals surface area contributed by atoms with E-state index in [1.54, 1.807) is 31.2 Å². The first kappa shape index (κ1) is 19.0. The van der Waals surface area contributed by atoms with Crippen molar-refractivity contribution in [1.29, 1.82) is 0 Å². The van der Waals surface area contributed by atoms with Gasteiger partial charge in [0.2, 0.25) is 0 Å². The van der Waals surface area contributed by atoms with E-state index in [0.717, 1.165) is 24.2 Å². The lowest BCUT2D eigenvalue weighted by Gasteiger charge is -2.15. The second-order valence-electron chi connectivity index (χ2n) is 6.31. The van der Waals surface area contributed by atoms with Crippen LogP contribution >= 0.6 is 0 Å². The molecule has 134 valence electrons. The molecule has 25 heavy (non-hydrogen) atoms. The number of aliphatic hydroxyl groups excluding tert-OH is 1. The molecule has 5 nitrogen and oxygen atoms in total. The molecule has 0 aliphatic rings. The fourth-order valence-corrected chi connectivity index (χ4v) is 2.33. The van der Waals surface area contributed by atoms with E-state index in [1.165, 1.54) is 5.56 Å². The fourth-order valence-electron chi connectivity index (χ4n) is 2.33. The molecule has 0 radical (unpaired) electrons. The minimum Gasteiger partial charge on any atom is -0.481 e. The molecule has 0 spiro atoms. The van der Waals surface area contributed by atoms with E-state index in [-0.39, 0.29) is 12.5 Å². The number of hydrogen-bond acceptors (Lipinski definition) is 4. The van der Waals surface area contributed by atoms with E-state index < -0.39 is 6.10 Å². The monoisotopic (exact) mass is 342 g/mol. The van der Waals surface area contributed by atoms with Gasteiger partial charge in [-0.05, 0) is 62.8 Å². The number of carbonyl (C=O) groups excluding carboxylic acids is 1. The Bertz CT molecular complexity index is 684. The Kier molecular flexibility index (Phi) is 6.98. The van der Waals surface area contributed by atoms with E-state index >= 15 is 0 Å². The summed E-state index contributed by atoms with van der Waals surface area (Å²) in [5.74, 6) is 0.351. The second kappa shape index (κ2) is 9.20. The SMILES string of the molecule is CC(Oc1cccc(CO)c1)C(=O)Nc1ccc(CCN(C)C)cc1. The van der Waals surface area contributed by atoms with Crippen LogP contribution in [0.4, 0.5) is 5.69 Å². The number of anilines is 1. The van der Waals surface area contributed by atoms with Gasteiger partial charge in [0.1, 0.15) is 5.75 Å². The minimum absolute atomic E-state index is 0.0576. The van der Waals surface area contributed by atoms with Crippen molar-refractivity contribution in [1.82, 2.24) is 4.90 Å². The van der Waals surface area contributed by atoms with Crippen LogP contribution in [0.2, 0.25) is 0 Å². The number of benzene rings is 2. The number of hydrogen-bond donors (Lipinski definition) is 2. The molecule has 1 unspecified atom stereocenters. The molecule has 1 amide bonds. The van der Waals surface area contributed by atoms with Crippen molar-refractivity contribution in [2.45, 2.75) is 26.1 Å². The Morgan fingerprint density at radius 2 is 1.88 bits per heavy atom. The first-order chi connectivity index (χ1) is 12.0. The van der Waals surface area contributed by atoms with Crippen molar-refractivity contribution in [3.05, 3.63) is 59.7 Å². The highest BCUT2D eigenvalue weighted by molar-refractivity contribution is 5.94. The van der Waals surface area contributed by atoms with Gasteiger partial charge >= 0.3 is 0 Å². The third-order valence-electron chi connectivity index (χ3n) is 3.83. The number of amides is 1.